The molecule has 0 unspecified atom stereocenters. The minimum Gasteiger partial charge on any atom is -0.461 e. The first kappa shape index (κ1) is 11.7. The van der Waals surface area contributed by atoms with Crippen molar-refractivity contribution in [2.24, 2.45) is 0 Å². The summed E-state index contributed by atoms with van der Waals surface area (Å²) in [5.41, 5.74) is 2.16. The second-order valence-electron chi connectivity index (χ2n) is 3.72. The molecule has 0 atom stereocenters. The molecule has 0 radical (unpaired) electrons. The van der Waals surface area contributed by atoms with Crippen LogP contribution in [-0.4, -0.2) is 29.3 Å². The lowest BCUT2D eigenvalue weighted by molar-refractivity contribution is 0.0519. The van der Waals surface area contributed by atoms with Crippen LogP contribution in [0.4, 0.5) is 0 Å². The van der Waals surface area contributed by atoms with Crippen molar-refractivity contribution in [3.63, 3.8) is 0 Å². The van der Waals surface area contributed by atoms with Gasteiger partial charge < -0.3 is 14.8 Å². The lowest BCUT2D eigenvalue weighted by Gasteiger charge is -2.02. The molecule has 0 aliphatic rings. The minimum atomic E-state index is -0.368. The molecule has 0 saturated heterocycles. The van der Waals surface area contributed by atoms with Gasteiger partial charge in [-0.1, -0.05) is 18.2 Å². The summed E-state index contributed by atoms with van der Waals surface area (Å²) in [4.78, 5) is 14.8. The molecule has 0 saturated carbocycles. The highest BCUT2D eigenvalue weighted by molar-refractivity contribution is 5.98. The van der Waals surface area contributed by atoms with Crippen molar-refractivity contribution in [2.75, 3.05) is 13.2 Å². The largest absolute Gasteiger partial charge is 0.461 e. The van der Waals surface area contributed by atoms with Crippen molar-refractivity contribution >= 4 is 16.9 Å². The van der Waals surface area contributed by atoms with Gasteiger partial charge in [-0.2, -0.15) is 0 Å². The number of carbonyl (C=O) groups is 1. The van der Waals surface area contributed by atoms with E-state index in [1.54, 1.807) is 6.92 Å². The first-order chi connectivity index (χ1) is 8.27. The van der Waals surface area contributed by atoms with E-state index in [9.17, 15) is 4.79 Å². The number of aliphatic hydroxyl groups is 1. The van der Waals surface area contributed by atoms with E-state index in [1.807, 2.05) is 24.3 Å². The van der Waals surface area contributed by atoms with Gasteiger partial charge in [0.2, 0.25) is 0 Å². The average molecular weight is 233 g/mol. The topological polar surface area (TPSA) is 62.3 Å². The molecular weight excluding hydrogens is 218 g/mol. The summed E-state index contributed by atoms with van der Waals surface area (Å²) >= 11 is 0. The molecule has 2 aromatic rings. The van der Waals surface area contributed by atoms with Crippen molar-refractivity contribution < 1.29 is 14.6 Å². The van der Waals surface area contributed by atoms with Crippen LogP contribution in [0.2, 0.25) is 0 Å². The van der Waals surface area contributed by atoms with E-state index >= 15 is 0 Å². The Bertz CT molecular complexity index is 530. The van der Waals surface area contributed by atoms with Crippen LogP contribution in [-0.2, 0) is 11.2 Å². The zero-order valence-electron chi connectivity index (χ0n) is 9.69. The molecule has 0 amide bonds. The molecule has 2 rings (SSSR count). The maximum Gasteiger partial charge on any atom is 0.355 e. The van der Waals surface area contributed by atoms with Crippen LogP contribution in [0.5, 0.6) is 0 Å². The highest BCUT2D eigenvalue weighted by Gasteiger charge is 2.17. The van der Waals surface area contributed by atoms with Gasteiger partial charge in [0.05, 0.1) is 6.61 Å². The third-order valence-electron chi connectivity index (χ3n) is 2.65. The zero-order valence-corrected chi connectivity index (χ0v) is 9.69. The van der Waals surface area contributed by atoms with Gasteiger partial charge in [-0.3, -0.25) is 0 Å². The second kappa shape index (κ2) is 5.01. The molecule has 2 N–H and O–H groups in total. The maximum atomic E-state index is 11.8. The molecule has 1 aromatic carbocycles. The van der Waals surface area contributed by atoms with Crippen molar-refractivity contribution in [1.29, 1.82) is 0 Å². The number of aromatic nitrogens is 1. The van der Waals surface area contributed by atoms with Crippen LogP contribution < -0.4 is 0 Å². The molecular formula is C13H15NO3. The molecule has 0 spiro atoms. The van der Waals surface area contributed by atoms with E-state index < -0.39 is 0 Å². The molecule has 0 bridgehead atoms. The third kappa shape index (κ3) is 2.17. The Morgan fingerprint density at radius 3 is 2.88 bits per heavy atom. The summed E-state index contributed by atoms with van der Waals surface area (Å²) in [7, 11) is 0. The summed E-state index contributed by atoms with van der Waals surface area (Å²) in [5, 5.41) is 10.0. The molecule has 0 aliphatic heterocycles. The minimum absolute atomic E-state index is 0.00819. The number of para-hydroxylation sites is 1. The van der Waals surface area contributed by atoms with Crippen molar-refractivity contribution in [3.05, 3.63) is 35.5 Å². The van der Waals surface area contributed by atoms with Crippen LogP contribution in [0.3, 0.4) is 0 Å². The Labute approximate surface area is 99.2 Å². The summed E-state index contributed by atoms with van der Waals surface area (Å²) in [6.07, 6.45) is 0.443. The molecule has 0 fully saturated rings. The van der Waals surface area contributed by atoms with E-state index in [1.165, 1.54) is 0 Å². The number of hydrogen-bond donors (Lipinski definition) is 2. The Morgan fingerprint density at radius 2 is 2.18 bits per heavy atom. The normalized spacial score (nSPS) is 10.7. The van der Waals surface area contributed by atoms with Crippen LogP contribution in [0.1, 0.15) is 23.0 Å². The Hall–Kier alpha value is -1.81. The van der Waals surface area contributed by atoms with E-state index in [0.717, 1.165) is 16.5 Å². The standard InChI is InChI=1S/C13H15NO3/c1-2-17-13(16)12-10(7-8-15)9-5-3-4-6-11(9)14-12/h3-6,14-15H,2,7-8H2,1H3. The lowest BCUT2D eigenvalue weighted by Crippen LogP contribution is -2.08. The van der Waals surface area contributed by atoms with Crippen LogP contribution in [0, 0.1) is 0 Å². The van der Waals surface area contributed by atoms with Crippen molar-refractivity contribution in [2.45, 2.75) is 13.3 Å². The molecule has 4 nitrogen and oxygen atoms in total. The molecule has 1 aromatic heterocycles. The van der Waals surface area contributed by atoms with Gasteiger partial charge in [-0.05, 0) is 25.0 Å². The number of H-pyrrole nitrogens is 1. The van der Waals surface area contributed by atoms with E-state index in [2.05, 4.69) is 4.98 Å². The number of carbonyl (C=O) groups excluding carboxylic acids is 1. The molecule has 0 aliphatic carbocycles. The number of aromatic amines is 1. The summed E-state index contributed by atoms with van der Waals surface area (Å²) in [6, 6.07) is 7.64. The highest BCUT2D eigenvalue weighted by Crippen LogP contribution is 2.23. The lowest BCUT2D eigenvalue weighted by atomic mass is 10.1. The van der Waals surface area contributed by atoms with Crippen LogP contribution in [0.25, 0.3) is 10.9 Å². The first-order valence-corrected chi connectivity index (χ1v) is 5.65. The Balaban J connectivity index is 2.53. The Morgan fingerprint density at radius 1 is 1.41 bits per heavy atom. The van der Waals surface area contributed by atoms with Gasteiger partial charge >= 0.3 is 5.97 Å². The number of rotatable bonds is 4. The number of fused-ring (bicyclic) bond motifs is 1. The summed E-state index contributed by atoms with van der Waals surface area (Å²) < 4.78 is 4.99. The number of aliphatic hydroxyl groups excluding tert-OH is 1. The second-order valence-corrected chi connectivity index (χ2v) is 3.72. The average Bonchev–Trinajstić information content (AvgIpc) is 2.70. The number of hydrogen-bond acceptors (Lipinski definition) is 3. The first-order valence-electron chi connectivity index (χ1n) is 5.65. The quantitative estimate of drug-likeness (QED) is 0.792. The van der Waals surface area contributed by atoms with Gasteiger partial charge in [0.1, 0.15) is 5.69 Å². The van der Waals surface area contributed by atoms with E-state index in [-0.39, 0.29) is 12.6 Å². The SMILES string of the molecule is CCOC(=O)c1[nH]c2ccccc2c1CCO. The monoisotopic (exact) mass is 233 g/mol. The van der Waals surface area contributed by atoms with Gasteiger partial charge in [-0.25, -0.2) is 4.79 Å². The fourth-order valence-electron chi connectivity index (χ4n) is 1.95. The molecule has 17 heavy (non-hydrogen) atoms. The van der Waals surface area contributed by atoms with Gasteiger partial charge in [0.15, 0.2) is 0 Å². The van der Waals surface area contributed by atoms with E-state index in [0.29, 0.717) is 18.7 Å². The summed E-state index contributed by atoms with van der Waals surface area (Å²) in [6.45, 7) is 2.12. The fraction of sp³-hybridized carbons (Fsp3) is 0.308. The zero-order chi connectivity index (χ0) is 12.3. The number of ether oxygens (including phenoxy) is 1. The van der Waals surface area contributed by atoms with Crippen molar-refractivity contribution in [1.82, 2.24) is 4.98 Å². The van der Waals surface area contributed by atoms with Gasteiger partial charge in [-0.15, -0.1) is 0 Å². The van der Waals surface area contributed by atoms with Crippen LogP contribution >= 0.6 is 0 Å². The highest BCUT2D eigenvalue weighted by atomic mass is 16.5. The Kier molecular flexibility index (Phi) is 3.44. The van der Waals surface area contributed by atoms with Crippen molar-refractivity contribution in [3.8, 4) is 0 Å². The summed E-state index contributed by atoms with van der Waals surface area (Å²) in [5.74, 6) is -0.368. The smallest absolute Gasteiger partial charge is 0.355 e. The molecule has 90 valence electrons. The fourth-order valence-corrected chi connectivity index (χ4v) is 1.95. The molecule has 4 heteroatoms. The predicted octanol–water partition coefficient (Wildman–Crippen LogP) is 1.88. The number of nitrogens with one attached hydrogen (secondary N) is 1. The van der Waals surface area contributed by atoms with Gasteiger partial charge in [0, 0.05) is 17.5 Å². The van der Waals surface area contributed by atoms with Gasteiger partial charge in [0.25, 0.3) is 0 Å². The number of benzene rings is 1. The molecule has 1 heterocycles. The maximum absolute atomic E-state index is 11.8. The van der Waals surface area contributed by atoms with Crippen LogP contribution in [0.15, 0.2) is 24.3 Å². The third-order valence-corrected chi connectivity index (χ3v) is 2.65. The predicted molar refractivity (Wildman–Crippen MR) is 65.0 cm³/mol. The van der Waals surface area contributed by atoms with E-state index in [4.69, 9.17) is 9.84 Å². The number of esters is 1.